The molecule has 0 radical (unpaired) electrons. The predicted octanol–water partition coefficient (Wildman–Crippen LogP) is 3.45. The van der Waals surface area contributed by atoms with Crippen LogP contribution in [0.4, 0.5) is 0 Å². The van der Waals surface area contributed by atoms with Gasteiger partial charge in [0.25, 0.3) is 0 Å². The number of benzene rings is 2. The lowest BCUT2D eigenvalue weighted by Gasteiger charge is -2.26. The highest BCUT2D eigenvalue weighted by molar-refractivity contribution is 5.79. The van der Waals surface area contributed by atoms with E-state index in [-0.39, 0.29) is 24.3 Å². The maximum absolute atomic E-state index is 13.1. The van der Waals surface area contributed by atoms with Crippen LogP contribution in [0.2, 0.25) is 0 Å². The van der Waals surface area contributed by atoms with Crippen LogP contribution in [0.1, 0.15) is 43.4 Å². The smallest absolute Gasteiger partial charge is 0.225 e. The van der Waals surface area contributed by atoms with E-state index in [2.05, 4.69) is 5.32 Å². The van der Waals surface area contributed by atoms with Crippen LogP contribution in [0.25, 0.3) is 0 Å². The van der Waals surface area contributed by atoms with E-state index >= 15 is 0 Å². The Morgan fingerprint density at radius 1 is 1.11 bits per heavy atom. The number of hydrogen-bond acceptors (Lipinski definition) is 3. The van der Waals surface area contributed by atoms with Gasteiger partial charge in [-0.15, -0.1) is 0 Å². The molecule has 0 unspecified atom stereocenters. The van der Waals surface area contributed by atoms with Crippen LogP contribution in [-0.4, -0.2) is 29.9 Å². The van der Waals surface area contributed by atoms with E-state index in [1.165, 1.54) is 6.92 Å². The molecule has 1 atom stereocenters. The fraction of sp³-hybridized carbons (Fsp3) is 0.364. The van der Waals surface area contributed by atoms with Crippen molar-refractivity contribution in [3.05, 3.63) is 65.7 Å². The number of nitrogens with zero attached hydrogens (tertiary/aromatic N) is 1. The zero-order valence-corrected chi connectivity index (χ0v) is 15.9. The second kappa shape index (κ2) is 8.71. The summed E-state index contributed by atoms with van der Waals surface area (Å²) < 4.78 is 5.20. The highest BCUT2D eigenvalue weighted by atomic mass is 16.5. The molecule has 2 aromatic rings. The molecule has 1 saturated carbocycles. The lowest BCUT2D eigenvalue weighted by molar-refractivity contribution is -0.133. The van der Waals surface area contributed by atoms with Crippen LogP contribution in [0.15, 0.2) is 54.6 Å². The summed E-state index contributed by atoms with van der Waals surface area (Å²) in [5.74, 6) is 0.735. The third-order valence-corrected chi connectivity index (χ3v) is 4.78. The zero-order valence-electron chi connectivity index (χ0n) is 15.9. The molecule has 27 heavy (non-hydrogen) atoms. The Labute approximate surface area is 160 Å². The molecule has 0 aromatic heterocycles. The number of rotatable bonds is 8. The largest absolute Gasteiger partial charge is 0.497 e. The van der Waals surface area contributed by atoms with E-state index < -0.39 is 0 Å². The summed E-state index contributed by atoms with van der Waals surface area (Å²) in [6, 6.07) is 17.4. The van der Waals surface area contributed by atoms with Crippen molar-refractivity contribution in [1.29, 1.82) is 0 Å². The molecule has 0 spiro atoms. The molecule has 5 nitrogen and oxygen atoms in total. The molecular formula is C22H26N2O3. The number of ether oxygens (including phenoxy) is 1. The Kier molecular flexibility index (Phi) is 6.12. The first-order valence-corrected chi connectivity index (χ1v) is 9.31. The summed E-state index contributed by atoms with van der Waals surface area (Å²) in [5, 5.41) is 2.92. The van der Waals surface area contributed by atoms with Crippen molar-refractivity contribution in [2.75, 3.05) is 7.11 Å². The second-order valence-electron chi connectivity index (χ2n) is 6.97. The molecule has 1 fully saturated rings. The molecule has 142 valence electrons. The molecule has 0 aliphatic heterocycles. The van der Waals surface area contributed by atoms with Gasteiger partial charge in [0.2, 0.25) is 11.8 Å². The molecule has 1 N–H and O–H groups in total. The van der Waals surface area contributed by atoms with E-state index in [0.29, 0.717) is 12.6 Å². The molecule has 2 amide bonds. The summed E-state index contributed by atoms with van der Waals surface area (Å²) in [5.41, 5.74) is 2.02. The van der Waals surface area contributed by atoms with Crippen molar-refractivity contribution in [3.63, 3.8) is 0 Å². The fourth-order valence-corrected chi connectivity index (χ4v) is 3.21. The lowest BCUT2D eigenvalue weighted by atomic mass is 10.0. The van der Waals surface area contributed by atoms with Crippen molar-refractivity contribution in [2.24, 2.45) is 0 Å². The first-order chi connectivity index (χ1) is 13.1. The number of methoxy groups -OCH3 is 1. The summed E-state index contributed by atoms with van der Waals surface area (Å²) in [6.45, 7) is 2.06. The van der Waals surface area contributed by atoms with E-state index in [4.69, 9.17) is 4.74 Å². The highest BCUT2D eigenvalue weighted by Gasteiger charge is 2.33. The standard InChI is InChI=1S/C22H26N2O3/c1-16(25)23-21(18-6-4-3-5-7-18)14-22(26)24(19-10-11-19)15-17-8-12-20(27-2)13-9-17/h3-9,12-13,19,21H,10-11,14-15H2,1-2H3,(H,23,25)/t21-/m1/s1. The van der Waals surface area contributed by atoms with E-state index in [1.807, 2.05) is 59.5 Å². The van der Waals surface area contributed by atoms with Gasteiger partial charge in [0.05, 0.1) is 19.6 Å². The first-order valence-electron chi connectivity index (χ1n) is 9.31. The number of carbonyl (C=O) groups excluding carboxylic acids is 2. The van der Waals surface area contributed by atoms with Crippen LogP contribution >= 0.6 is 0 Å². The van der Waals surface area contributed by atoms with Gasteiger partial charge < -0.3 is 15.0 Å². The van der Waals surface area contributed by atoms with Gasteiger partial charge >= 0.3 is 0 Å². The number of carbonyl (C=O) groups is 2. The quantitative estimate of drug-likeness (QED) is 0.778. The van der Waals surface area contributed by atoms with Crippen molar-refractivity contribution in [2.45, 2.75) is 44.8 Å². The summed E-state index contributed by atoms with van der Waals surface area (Å²) in [7, 11) is 1.64. The van der Waals surface area contributed by atoms with Crippen molar-refractivity contribution in [1.82, 2.24) is 10.2 Å². The Bertz CT molecular complexity index is 770. The Balaban J connectivity index is 1.72. The van der Waals surface area contributed by atoms with Gasteiger partial charge in [-0.1, -0.05) is 42.5 Å². The SMILES string of the molecule is COc1ccc(CN(C(=O)C[C@@H](NC(C)=O)c2ccccc2)C2CC2)cc1. The summed E-state index contributed by atoms with van der Waals surface area (Å²) >= 11 is 0. The van der Waals surface area contributed by atoms with Crippen LogP contribution in [0.5, 0.6) is 5.75 Å². The molecule has 0 heterocycles. The fourth-order valence-electron chi connectivity index (χ4n) is 3.21. The lowest BCUT2D eigenvalue weighted by Crippen LogP contribution is -2.36. The van der Waals surface area contributed by atoms with Gasteiger partial charge in [0.15, 0.2) is 0 Å². The maximum atomic E-state index is 13.1. The monoisotopic (exact) mass is 366 g/mol. The van der Waals surface area contributed by atoms with Gasteiger partial charge in [-0.3, -0.25) is 9.59 Å². The van der Waals surface area contributed by atoms with Crippen LogP contribution in [-0.2, 0) is 16.1 Å². The average molecular weight is 366 g/mol. The molecule has 5 heteroatoms. The van der Waals surface area contributed by atoms with Gasteiger partial charge in [-0.05, 0) is 36.1 Å². The van der Waals surface area contributed by atoms with Crippen LogP contribution in [0, 0.1) is 0 Å². The molecule has 1 aliphatic carbocycles. The second-order valence-corrected chi connectivity index (χ2v) is 6.97. The van der Waals surface area contributed by atoms with Gasteiger partial charge in [-0.2, -0.15) is 0 Å². The summed E-state index contributed by atoms with van der Waals surface area (Å²) in [4.78, 5) is 26.6. The molecule has 3 rings (SSSR count). The predicted molar refractivity (Wildman–Crippen MR) is 104 cm³/mol. The van der Waals surface area contributed by atoms with Gasteiger partial charge in [0, 0.05) is 19.5 Å². The minimum absolute atomic E-state index is 0.0657. The van der Waals surface area contributed by atoms with Crippen LogP contribution in [0.3, 0.4) is 0 Å². The number of amides is 2. The number of hydrogen-bond donors (Lipinski definition) is 1. The number of nitrogens with one attached hydrogen (secondary N) is 1. The van der Waals surface area contributed by atoms with Crippen LogP contribution < -0.4 is 10.1 Å². The minimum atomic E-state index is -0.312. The normalized spacial score (nSPS) is 14.3. The van der Waals surface area contributed by atoms with E-state index in [1.54, 1.807) is 7.11 Å². The summed E-state index contributed by atoms with van der Waals surface area (Å²) in [6.07, 6.45) is 2.34. The molecule has 2 aromatic carbocycles. The van der Waals surface area contributed by atoms with Crippen molar-refractivity contribution >= 4 is 11.8 Å². The Morgan fingerprint density at radius 3 is 2.33 bits per heavy atom. The highest BCUT2D eigenvalue weighted by Crippen LogP contribution is 2.30. The molecular weight excluding hydrogens is 340 g/mol. The Morgan fingerprint density at radius 2 is 1.78 bits per heavy atom. The molecule has 0 bridgehead atoms. The van der Waals surface area contributed by atoms with Crippen molar-refractivity contribution in [3.8, 4) is 5.75 Å². The molecule has 0 saturated heterocycles. The van der Waals surface area contributed by atoms with Gasteiger partial charge in [-0.25, -0.2) is 0 Å². The Hall–Kier alpha value is -2.82. The van der Waals surface area contributed by atoms with Gasteiger partial charge in [0.1, 0.15) is 5.75 Å². The van der Waals surface area contributed by atoms with E-state index in [9.17, 15) is 9.59 Å². The minimum Gasteiger partial charge on any atom is -0.497 e. The third kappa shape index (κ3) is 5.33. The zero-order chi connectivity index (χ0) is 19.2. The van der Waals surface area contributed by atoms with E-state index in [0.717, 1.165) is 29.7 Å². The topological polar surface area (TPSA) is 58.6 Å². The molecule has 1 aliphatic rings. The maximum Gasteiger partial charge on any atom is 0.225 e. The average Bonchev–Trinajstić information content (AvgIpc) is 3.51. The third-order valence-electron chi connectivity index (χ3n) is 4.78. The first kappa shape index (κ1) is 19.0. The van der Waals surface area contributed by atoms with Crippen molar-refractivity contribution < 1.29 is 14.3 Å².